The maximum Gasteiger partial charge on any atom is 0.126 e. The Labute approximate surface area is 113 Å². The Morgan fingerprint density at radius 3 is 2.61 bits per heavy atom. The van der Waals surface area contributed by atoms with Gasteiger partial charge in [-0.15, -0.1) is 0 Å². The Balaban J connectivity index is 2.14. The third kappa shape index (κ3) is 3.15. The second kappa shape index (κ2) is 5.45. The molecule has 18 heavy (non-hydrogen) atoms. The first-order valence-corrected chi connectivity index (χ1v) is 6.85. The lowest BCUT2D eigenvalue weighted by atomic mass is 9.77. The molecule has 0 amide bonds. The summed E-state index contributed by atoms with van der Waals surface area (Å²) in [6.07, 6.45) is 4.37. The molecule has 0 spiro atoms. The number of hydrogen-bond donors (Lipinski definition) is 2. The number of nitrogens with one attached hydrogen (secondary N) is 1. The molecular formula is C14H20ClFN2. The topological polar surface area (TPSA) is 38.0 Å². The Morgan fingerprint density at radius 1 is 1.39 bits per heavy atom. The number of halogens is 2. The van der Waals surface area contributed by atoms with Crippen molar-refractivity contribution >= 4 is 17.3 Å². The van der Waals surface area contributed by atoms with Crippen LogP contribution in [-0.4, -0.2) is 12.1 Å². The van der Waals surface area contributed by atoms with Crippen molar-refractivity contribution in [2.45, 2.75) is 38.1 Å². The Morgan fingerprint density at radius 2 is 2.06 bits per heavy atom. The zero-order valence-corrected chi connectivity index (χ0v) is 11.4. The van der Waals surface area contributed by atoms with E-state index in [1.807, 2.05) is 0 Å². The molecule has 3 N–H and O–H groups in total. The molecule has 0 bridgehead atoms. The maximum absolute atomic E-state index is 13.3. The smallest absolute Gasteiger partial charge is 0.126 e. The molecule has 0 heterocycles. The molecule has 1 aliphatic carbocycles. The lowest BCUT2D eigenvalue weighted by Crippen LogP contribution is -2.48. The molecule has 0 radical (unpaired) electrons. The van der Waals surface area contributed by atoms with Crippen LogP contribution in [0.1, 0.15) is 32.6 Å². The third-order valence-electron chi connectivity index (χ3n) is 3.89. The summed E-state index contributed by atoms with van der Waals surface area (Å²) < 4.78 is 13.3. The van der Waals surface area contributed by atoms with Gasteiger partial charge in [0.25, 0.3) is 0 Å². The lowest BCUT2D eigenvalue weighted by molar-refractivity contribution is 0.271. The molecule has 0 atom stereocenters. The van der Waals surface area contributed by atoms with E-state index in [0.717, 1.165) is 37.3 Å². The molecule has 1 aliphatic rings. The summed E-state index contributed by atoms with van der Waals surface area (Å²) in [6.45, 7) is 2.83. The van der Waals surface area contributed by atoms with Crippen LogP contribution in [0.3, 0.4) is 0 Å². The number of rotatable bonds is 3. The summed E-state index contributed by atoms with van der Waals surface area (Å²) >= 11 is 5.87. The first-order chi connectivity index (χ1) is 8.53. The van der Waals surface area contributed by atoms with Crippen molar-refractivity contribution in [2.75, 3.05) is 11.9 Å². The fraction of sp³-hybridized carbons (Fsp3) is 0.571. The van der Waals surface area contributed by atoms with E-state index in [0.29, 0.717) is 11.6 Å². The Hall–Kier alpha value is -0.800. The molecule has 2 rings (SSSR count). The monoisotopic (exact) mass is 270 g/mol. The van der Waals surface area contributed by atoms with E-state index >= 15 is 0 Å². The van der Waals surface area contributed by atoms with Crippen molar-refractivity contribution in [3.05, 3.63) is 29.0 Å². The second-order valence-electron chi connectivity index (χ2n) is 5.45. The molecule has 0 saturated heterocycles. The van der Waals surface area contributed by atoms with Crippen molar-refractivity contribution in [2.24, 2.45) is 11.7 Å². The summed E-state index contributed by atoms with van der Waals surface area (Å²) in [7, 11) is 0. The molecule has 0 unspecified atom stereocenters. The zero-order valence-electron chi connectivity index (χ0n) is 10.7. The zero-order chi connectivity index (χ0) is 13.2. The van der Waals surface area contributed by atoms with E-state index in [1.54, 1.807) is 6.07 Å². The van der Waals surface area contributed by atoms with Gasteiger partial charge >= 0.3 is 0 Å². The van der Waals surface area contributed by atoms with Crippen molar-refractivity contribution in [3.63, 3.8) is 0 Å². The number of nitrogens with two attached hydrogens (primary N) is 1. The van der Waals surface area contributed by atoms with Crippen LogP contribution in [0, 0.1) is 11.7 Å². The van der Waals surface area contributed by atoms with Crippen LogP contribution in [-0.2, 0) is 0 Å². The fourth-order valence-corrected chi connectivity index (χ4v) is 2.85. The molecule has 1 aromatic rings. The van der Waals surface area contributed by atoms with E-state index in [1.165, 1.54) is 12.1 Å². The Kier molecular flexibility index (Phi) is 4.13. The first kappa shape index (κ1) is 13.6. The van der Waals surface area contributed by atoms with Crippen LogP contribution in [0.5, 0.6) is 0 Å². The van der Waals surface area contributed by atoms with E-state index in [2.05, 4.69) is 12.2 Å². The summed E-state index contributed by atoms with van der Waals surface area (Å²) in [5.74, 6) is 0.434. The number of anilines is 1. The summed E-state index contributed by atoms with van der Waals surface area (Å²) in [5.41, 5.74) is 6.53. The minimum atomic E-state index is -0.318. The fourth-order valence-electron chi connectivity index (χ4n) is 2.63. The van der Waals surface area contributed by atoms with Gasteiger partial charge in [0.15, 0.2) is 0 Å². The first-order valence-electron chi connectivity index (χ1n) is 6.47. The van der Waals surface area contributed by atoms with Gasteiger partial charge in [0.1, 0.15) is 5.82 Å². The minimum absolute atomic E-state index is 0.108. The predicted octanol–water partition coefficient (Wildman–Crippen LogP) is 3.80. The van der Waals surface area contributed by atoms with E-state index < -0.39 is 0 Å². The van der Waals surface area contributed by atoms with Crippen molar-refractivity contribution < 1.29 is 4.39 Å². The van der Waals surface area contributed by atoms with Crippen molar-refractivity contribution in [3.8, 4) is 0 Å². The standard InChI is InChI=1S/C14H20ClFN2/c1-10-2-4-14(9-17,5-3-10)18-13-7-11(15)6-12(16)8-13/h6-8,10,18H,2-5,9,17H2,1H3. The molecule has 4 heteroatoms. The number of benzene rings is 1. The molecule has 1 fully saturated rings. The highest BCUT2D eigenvalue weighted by Crippen LogP contribution is 2.34. The van der Waals surface area contributed by atoms with Gasteiger partial charge in [0.2, 0.25) is 0 Å². The molecule has 1 aromatic carbocycles. The van der Waals surface area contributed by atoms with Gasteiger partial charge in [-0.25, -0.2) is 4.39 Å². The summed E-state index contributed by atoms with van der Waals surface area (Å²) in [6, 6.07) is 4.53. The van der Waals surface area contributed by atoms with E-state index in [4.69, 9.17) is 17.3 Å². The Bertz CT molecular complexity index is 394. The van der Waals surface area contributed by atoms with Gasteiger partial charge in [0.05, 0.1) is 0 Å². The molecule has 1 saturated carbocycles. The highest BCUT2D eigenvalue weighted by molar-refractivity contribution is 6.30. The lowest BCUT2D eigenvalue weighted by Gasteiger charge is -2.40. The quantitative estimate of drug-likeness (QED) is 0.877. The van der Waals surface area contributed by atoms with Gasteiger partial charge in [-0.3, -0.25) is 0 Å². The highest BCUT2D eigenvalue weighted by Gasteiger charge is 2.32. The van der Waals surface area contributed by atoms with Gasteiger partial charge in [-0.1, -0.05) is 18.5 Å². The normalized spacial score (nSPS) is 28.1. The van der Waals surface area contributed by atoms with E-state index in [-0.39, 0.29) is 11.4 Å². The van der Waals surface area contributed by atoms with Crippen LogP contribution in [0.4, 0.5) is 10.1 Å². The largest absolute Gasteiger partial charge is 0.378 e. The van der Waals surface area contributed by atoms with Gasteiger partial charge < -0.3 is 11.1 Å². The van der Waals surface area contributed by atoms with Gasteiger partial charge in [0, 0.05) is 22.8 Å². The average Bonchev–Trinajstić information content (AvgIpc) is 2.31. The summed E-state index contributed by atoms with van der Waals surface area (Å²) in [5, 5.41) is 3.81. The second-order valence-corrected chi connectivity index (χ2v) is 5.89. The summed E-state index contributed by atoms with van der Waals surface area (Å²) in [4.78, 5) is 0. The average molecular weight is 271 g/mol. The minimum Gasteiger partial charge on any atom is -0.378 e. The van der Waals surface area contributed by atoms with Crippen LogP contribution in [0.2, 0.25) is 5.02 Å². The van der Waals surface area contributed by atoms with Gasteiger partial charge in [-0.2, -0.15) is 0 Å². The molecule has 0 aromatic heterocycles. The van der Waals surface area contributed by atoms with E-state index in [9.17, 15) is 4.39 Å². The van der Waals surface area contributed by atoms with Crippen molar-refractivity contribution in [1.82, 2.24) is 0 Å². The molecule has 0 aliphatic heterocycles. The van der Waals surface area contributed by atoms with Gasteiger partial charge in [-0.05, 0) is 49.8 Å². The maximum atomic E-state index is 13.3. The SMILES string of the molecule is CC1CCC(CN)(Nc2cc(F)cc(Cl)c2)CC1. The number of hydrogen-bond acceptors (Lipinski definition) is 2. The van der Waals surface area contributed by atoms with Crippen LogP contribution in [0.15, 0.2) is 18.2 Å². The highest BCUT2D eigenvalue weighted by atomic mass is 35.5. The molecule has 100 valence electrons. The van der Waals surface area contributed by atoms with Crippen molar-refractivity contribution in [1.29, 1.82) is 0 Å². The third-order valence-corrected chi connectivity index (χ3v) is 4.11. The predicted molar refractivity (Wildman–Crippen MR) is 74.5 cm³/mol. The van der Waals surface area contributed by atoms with Crippen LogP contribution < -0.4 is 11.1 Å². The van der Waals surface area contributed by atoms with Crippen LogP contribution >= 0.6 is 11.6 Å². The molecular weight excluding hydrogens is 251 g/mol. The van der Waals surface area contributed by atoms with Crippen LogP contribution in [0.25, 0.3) is 0 Å². The molecule has 2 nitrogen and oxygen atoms in total.